The van der Waals surface area contributed by atoms with Gasteiger partial charge >= 0.3 is 0 Å². The maximum absolute atomic E-state index is 10.8. The molecule has 0 aromatic rings. The molecule has 0 aromatic carbocycles. The van der Waals surface area contributed by atoms with Crippen LogP contribution in [-0.2, 0) is 19.0 Å². The Labute approximate surface area is 95.5 Å². The van der Waals surface area contributed by atoms with Crippen molar-refractivity contribution in [2.45, 2.75) is 6.42 Å². The number of amides is 1. The molecular weight excluding hydrogens is 212 g/mol. The lowest BCUT2D eigenvalue weighted by Crippen LogP contribution is -2.27. The summed E-state index contributed by atoms with van der Waals surface area (Å²) in [4.78, 5) is 10.8. The van der Waals surface area contributed by atoms with Crippen molar-refractivity contribution in [1.82, 2.24) is 5.32 Å². The zero-order valence-electron chi connectivity index (χ0n) is 9.53. The molecule has 92 valence electrons. The minimum absolute atomic E-state index is 0.111. The van der Waals surface area contributed by atoms with E-state index in [1.807, 2.05) is 0 Å². The monoisotopic (exact) mass is 230 g/mol. The molecule has 6 heteroatoms. The maximum atomic E-state index is 10.8. The molecular formula is C10H18N2O4. The lowest BCUT2D eigenvalue weighted by atomic mass is 10.4. The van der Waals surface area contributed by atoms with E-state index in [-0.39, 0.29) is 12.3 Å². The highest BCUT2D eigenvalue weighted by molar-refractivity contribution is 5.77. The number of carbonyl (C=O) groups is 1. The lowest BCUT2D eigenvalue weighted by molar-refractivity contribution is -0.120. The van der Waals surface area contributed by atoms with Crippen LogP contribution in [0.5, 0.6) is 0 Å². The molecule has 1 amide bonds. The number of hydrogen-bond acceptors (Lipinski definition) is 5. The van der Waals surface area contributed by atoms with Crippen molar-refractivity contribution < 1.29 is 19.0 Å². The van der Waals surface area contributed by atoms with Gasteiger partial charge in [-0.15, -0.1) is 0 Å². The van der Waals surface area contributed by atoms with Crippen LogP contribution in [0, 0.1) is 11.3 Å². The second-order valence-electron chi connectivity index (χ2n) is 2.90. The van der Waals surface area contributed by atoms with Gasteiger partial charge in [0.05, 0.1) is 39.1 Å². The predicted octanol–water partition coefficient (Wildman–Crippen LogP) is -0.304. The molecule has 0 radical (unpaired) electrons. The molecule has 0 atom stereocenters. The van der Waals surface area contributed by atoms with Gasteiger partial charge in [0, 0.05) is 13.7 Å². The maximum Gasteiger partial charge on any atom is 0.234 e. The van der Waals surface area contributed by atoms with Gasteiger partial charge in [-0.25, -0.2) is 0 Å². The van der Waals surface area contributed by atoms with Gasteiger partial charge < -0.3 is 19.5 Å². The van der Waals surface area contributed by atoms with Crippen LogP contribution in [0.25, 0.3) is 0 Å². The smallest absolute Gasteiger partial charge is 0.234 e. The third-order valence-corrected chi connectivity index (χ3v) is 1.61. The molecule has 6 nitrogen and oxygen atoms in total. The first-order valence-electron chi connectivity index (χ1n) is 5.09. The molecule has 0 aliphatic rings. The van der Waals surface area contributed by atoms with Crippen molar-refractivity contribution >= 4 is 5.91 Å². The van der Waals surface area contributed by atoms with Crippen LogP contribution in [0.3, 0.4) is 0 Å². The first-order chi connectivity index (χ1) is 7.81. The Hall–Kier alpha value is -1.16. The summed E-state index contributed by atoms with van der Waals surface area (Å²) < 4.78 is 15.1. The molecule has 1 N–H and O–H groups in total. The summed E-state index contributed by atoms with van der Waals surface area (Å²) in [7, 11) is 1.61. The zero-order chi connectivity index (χ0) is 12.1. The Bertz CT molecular complexity index is 215. The number of rotatable bonds is 10. The minimum Gasteiger partial charge on any atom is -0.382 e. The Balaban J connectivity index is 3.04. The minimum atomic E-state index is -0.276. The fourth-order valence-corrected chi connectivity index (χ4v) is 0.861. The highest BCUT2D eigenvalue weighted by Crippen LogP contribution is 1.80. The number of nitriles is 1. The molecule has 0 fully saturated rings. The van der Waals surface area contributed by atoms with E-state index in [2.05, 4.69) is 5.32 Å². The summed E-state index contributed by atoms with van der Waals surface area (Å²) in [5, 5.41) is 10.8. The largest absolute Gasteiger partial charge is 0.382 e. The van der Waals surface area contributed by atoms with Crippen LogP contribution in [-0.4, -0.2) is 52.6 Å². The highest BCUT2D eigenvalue weighted by Gasteiger charge is 1.97. The number of ether oxygens (including phenoxy) is 3. The second-order valence-corrected chi connectivity index (χ2v) is 2.90. The molecule has 0 saturated carbocycles. The van der Waals surface area contributed by atoms with Crippen molar-refractivity contribution in [1.29, 1.82) is 5.26 Å². The molecule has 0 saturated heterocycles. The molecule has 0 aliphatic carbocycles. The van der Waals surface area contributed by atoms with Gasteiger partial charge in [0.25, 0.3) is 0 Å². The van der Waals surface area contributed by atoms with E-state index in [1.54, 1.807) is 13.2 Å². The fraction of sp³-hybridized carbons (Fsp3) is 0.800. The van der Waals surface area contributed by atoms with Gasteiger partial charge in [-0.05, 0) is 0 Å². The quantitative estimate of drug-likeness (QED) is 0.521. The summed E-state index contributed by atoms with van der Waals surface area (Å²) in [5.74, 6) is -0.276. The summed E-state index contributed by atoms with van der Waals surface area (Å²) in [6, 6.07) is 1.76. The lowest BCUT2D eigenvalue weighted by Gasteiger charge is -2.05. The highest BCUT2D eigenvalue weighted by atomic mass is 16.5. The van der Waals surface area contributed by atoms with E-state index in [4.69, 9.17) is 19.5 Å². The Morgan fingerprint density at radius 1 is 1.19 bits per heavy atom. The van der Waals surface area contributed by atoms with Gasteiger partial charge in [0.2, 0.25) is 5.91 Å². The van der Waals surface area contributed by atoms with E-state index in [9.17, 15) is 4.79 Å². The van der Waals surface area contributed by atoms with Crippen LogP contribution in [0.2, 0.25) is 0 Å². The zero-order valence-corrected chi connectivity index (χ0v) is 9.53. The summed E-state index contributed by atoms with van der Waals surface area (Å²) in [6.45, 7) is 2.96. The third kappa shape index (κ3) is 10.9. The van der Waals surface area contributed by atoms with Gasteiger partial charge in [-0.3, -0.25) is 4.79 Å². The third-order valence-electron chi connectivity index (χ3n) is 1.61. The number of hydrogen-bond donors (Lipinski definition) is 1. The average Bonchev–Trinajstić information content (AvgIpc) is 2.27. The Kier molecular flexibility index (Phi) is 11.0. The van der Waals surface area contributed by atoms with Crippen molar-refractivity contribution in [3.8, 4) is 6.07 Å². The van der Waals surface area contributed by atoms with E-state index in [0.29, 0.717) is 39.6 Å². The van der Waals surface area contributed by atoms with E-state index >= 15 is 0 Å². The van der Waals surface area contributed by atoms with Crippen molar-refractivity contribution in [2.75, 3.05) is 46.7 Å². The Morgan fingerprint density at radius 3 is 2.44 bits per heavy atom. The number of nitrogens with zero attached hydrogens (tertiary/aromatic N) is 1. The van der Waals surface area contributed by atoms with Gasteiger partial charge in [-0.2, -0.15) is 5.26 Å². The van der Waals surface area contributed by atoms with Gasteiger partial charge in [0.15, 0.2) is 0 Å². The molecule has 16 heavy (non-hydrogen) atoms. The molecule has 0 heterocycles. The van der Waals surface area contributed by atoms with E-state index < -0.39 is 0 Å². The van der Waals surface area contributed by atoms with Crippen LogP contribution in [0.15, 0.2) is 0 Å². The van der Waals surface area contributed by atoms with Crippen LogP contribution >= 0.6 is 0 Å². The number of methoxy groups -OCH3 is 1. The van der Waals surface area contributed by atoms with Crippen molar-refractivity contribution in [3.63, 3.8) is 0 Å². The average molecular weight is 230 g/mol. The normalized spacial score (nSPS) is 9.75. The van der Waals surface area contributed by atoms with Crippen LogP contribution in [0.4, 0.5) is 0 Å². The predicted molar refractivity (Wildman–Crippen MR) is 56.8 cm³/mol. The number of nitrogens with one attached hydrogen (secondary N) is 1. The molecule has 0 spiro atoms. The summed E-state index contributed by atoms with van der Waals surface area (Å²) in [6.07, 6.45) is -0.111. The fourth-order valence-electron chi connectivity index (χ4n) is 0.861. The summed E-state index contributed by atoms with van der Waals surface area (Å²) in [5.41, 5.74) is 0. The van der Waals surface area contributed by atoms with Crippen LogP contribution in [0.1, 0.15) is 6.42 Å². The van der Waals surface area contributed by atoms with Crippen molar-refractivity contribution in [3.05, 3.63) is 0 Å². The molecule has 0 rings (SSSR count). The molecule has 0 aromatic heterocycles. The van der Waals surface area contributed by atoms with Crippen molar-refractivity contribution in [2.24, 2.45) is 0 Å². The first kappa shape index (κ1) is 14.8. The van der Waals surface area contributed by atoms with E-state index in [0.717, 1.165) is 0 Å². The molecule has 0 bridgehead atoms. The van der Waals surface area contributed by atoms with Gasteiger partial charge in [-0.1, -0.05) is 0 Å². The topological polar surface area (TPSA) is 80.6 Å². The standard InChI is InChI=1S/C10H18N2O4/c1-14-6-7-16-9-8-15-5-4-12-10(13)2-3-11/h2,4-9H2,1H3,(H,12,13). The molecule has 0 aliphatic heterocycles. The SMILES string of the molecule is COCCOCCOCCNC(=O)CC#N. The van der Waals surface area contributed by atoms with E-state index in [1.165, 1.54) is 0 Å². The molecule has 0 unspecified atom stereocenters. The Morgan fingerprint density at radius 2 is 1.81 bits per heavy atom. The second kappa shape index (κ2) is 11.9. The van der Waals surface area contributed by atoms with Gasteiger partial charge in [0.1, 0.15) is 6.42 Å². The number of carbonyl (C=O) groups excluding carboxylic acids is 1. The first-order valence-corrected chi connectivity index (χ1v) is 5.09. The van der Waals surface area contributed by atoms with Crippen LogP contribution < -0.4 is 5.32 Å². The summed E-state index contributed by atoms with van der Waals surface area (Å²) >= 11 is 0.